The molecule has 30 heavy (non-hydrogen) atoms. The van der Waals surface area contributed by atoms with Gasteiger partial charge in [-0.15, -0.1) is 0 Å². The van der Waals surface area contributed by atoms with Crippen molar-refractivity contribution in [2.24, 2.45) is 5.92 Å². The molecule has 1 aliphatic rings. The smallest absolute Gasteiger partial charge is 0.223 e. The van der Waals surface area contributed by atoms with E-state index in [1.807, 2.05) is 24.3 Å². The Morgan fingerprint density at radius 2 is 1.80 bits per heavy atom. The summed E-state index contributed by atoms with van der Waals surface area (Å²) < 4.78 is 5.25. The van der Waals surface area contributed by atoms with Gasteiger partial charge in [0, 0.05) is 18.5 Å². The highest BCUT2D eigenvalue weighted by Gasteiger charge is 2.27. The molecule has 156 valence electrons. The molecule has 1 amide bonds. The maximum atomic E-state index is 12.7. The predicted molar refractivity (Wildman–Crippen MR) is 122 cm³/mol. The molecular formula is C26H30N2O2. The van der Waals surface area contributed by atoms with Crippen LogP contribution in [-0.4, -0.2) is 31.0 Å². The zero-order valence-electron chi connectivity index (χ0n) is 17.8. The SMILES string of the molecule is COc1cccc(CNC(=O)C2CCN([C@@H](C)c3ccc4ccccc4c3)CC2)c1. The molecule has 1 atom stereocenters. The van der Waals surface area contributed by atoms with Crippen molar-refractivity contribution >= 4 is 16.7 Å². The van der Waals surface area contributed by atoms with Gasteiger partial charge < -0.3 is 10.1 Å². The predicted octanol–water partition coefficient (Wildman–Crippen LogP) is 4.94. The van der Waals surface area contributed by atoms with Gasteiger partial charge in [0.25, 0.3) is 0 Å². The molecule has 0 unspecified atom stereocenters. The molecule has 0 aromatic heterocycles. The Balaban J connectivity index is 1.30. The van der Waals surface area contributed by atoms with Gasteiger partial charge in [-0.2, -0.15) is 0 Å². The number of hydrogen-bond donors (Lipinski definition) is 1. The number of nitrogens with one attached hydrogen (secondary N) is 1. The summed E-state index contributed by atoms with van der Waals surface area (Å²) in [6.07, 6.45) is 1.81. The maximum absolute atomic E-state index is 12.7. The van der Waals surface area contributed by atoms with E-state index in [2.05, 4.69) is 59.6 Å². The van der Waals surface area contributed by atoms with Crippen molar-refractivity contribution in [3.05, 3.63) is 77.9 Å². The van der Waals surface area contributed by atoms with E-state index in [0.29, 0.717) is 12.6 Å². The molecule has 0 aliphatic carbocycles. The summed E-state index contributed by atoms with van der Waals surface area (Å²) in [7, 11) is 1.66. The van der Waals surface area contributed by atoms with Gasteiger partial charge in [-0.3, -0.25) is 9.69 Å². The lowest BCUT2D eigenvalue weighted by atomic mass is 9.93. The van der Waals surface area contributed by atoms with Gasteiger partial charge >= 0.3 is 0 Å². The van der Waals surface area contributed by atoms with Gasteiger partial charge in [-0.25, -0.2) is 0 Å². The topological polar surface area (TPSA) is 41.6 Å². The van der Waals surface area contributed by atoms with E-state index in [9.17, 15) is 4.79 Å². The first-order valence-corrected chi connectivity index (χ1v) is 10.8. The van der Waals surface area contributed by atoms with Crippen LogP contribution < -0.4 is 10.1 Å². The summed E-state index contributed by atoms with van der Waals surface area (Å²) in [6.45, 7) is 4.72. The molecule has 4 rings (SSSR count). The second kappa shape index (κ2) is 9.31. The van der Waals surface area contributed by atoms with E-state index in [0.717, 1.165) is 37.2 Å². The molecule has 4 heteroatoms. The number of amides is 1. The fourth-order valence-electron chi connectivity index (χ4n) is 4.34. The third kappa shape index (κ3) is 4.65. The van der Waals surface area contributed by atoms with E-state index in [4.69, 9.17) is 4.74 Å². The fourth-order valence-corrected chi connectivity index (χ4v) is 4.34. The standard InChI is InChI=1S/C26H30N2O2/c1-19(23-11-10-21-7-3-4-8-24(21)17-23)28-14-12-22(13-15-28)26(29)27-18-20-6-5-9-25(16-20)30-2/h3-11,16-17,19,22H,12-15,18H2,1-2H3,(H,27,29)/t19-/m0/s1. The molecule has 4 nitrogen and oxygen atoms in total. The average Bonchev–Trinajstić information content (AvgIpc) is 2.82. The first-order chi connectivity index (χ1) is 14.6. The van der Waals surface area contributed by atoms with Crippen LogP contribution in [0.3, 0.4) is 0 Å². The van der Waals surface area contributed by atoms with Gasteiger partial charge in [0.05, 0.1) is 7.11 Å². The Morgan fingerprint density at radius 3 is 2.57 bits per heavy atom. The highest BCUT2D eigenvalue weighted by molar-refractivity contribution is 5.83. The van der Waals surface area contributed by atoms with Crippen LogP contribution in [0, 0.1) is 5.92 Å². The monoisotopic (exact) mass is 402 g/mol. The van der Waals surface area contributed by atoms with Gasteiger partial charge in [0.2, 0.25) is 5.91 Å². The van der Waals surface area contributed by atoms with Crippen LogP contribution in [0.5, 0.6) is 5.75 Å². The number of ether oxygens (including phenoxy) is 1. The average molecular weight is 403 g/mol. The molecule has 3 aromatic carbocycles. The second-order valence-electron chi connectivity index (χ2n) is 8.16. The zero-order chi connectivity index (χ0) is 20.9. The first kappa shape index (κ1) is 20.4. The van der Waals surface area contributed by atoms with E-state index in [1.54, 1.807) is 7.11 Å². The van der Waals surface area contributed by atoms with E-state index in [-0.39, 0.29) is 11.8 Å². The highest BCUT2D eigenvalue weighted by Crippen LogP contribution is 2.28. The Kier molecular flexibility index (Phi) is 6.34. The van der Waals surface area contributed by atoms with Crippen LogP contribution >= 0.6 is 0 Å². The normalized spacial score (nSPS) is 16.3. The number of rotatable bonds is 6. The van der Waals surface area contributed by atoms with Crippen LogP contribution in [0.4, 0.5) is 0 Å². The molecule has 1 aliphatic heterocycles. The molecule has 3 aromatic rings. The number of piperidine rings is 1. The molecule has 0 spiro atoms. The molecule has 1 heterocycles. The Morgan fingerprint density at radius 1 is 1.03 bits per heavy atom. The number of carbonyl (C=O) groups excluding carboxylic acids is 1. The minimum atomic E-state index is 0.0932. The van der Waals surface area contributed by atoms with Crippen molar-refractivity contribution in [2.75, 3.05) is 20.2 Å². The van der Waals surface area contributed by atoms with Crippen molar-refractivity contribution in [2.45, 2.75) is 32.4 Å². The van der Waals surface area contributed by atoms with E-state index >= 15 is 0 Å². The van der Waals surface area contributed by atoms with Crippen molar-refractivity contribution in [1.29, 1.82) is 0 Å². The van der Waals surface area contributed by atoms with Gasteiger partial charge in [-0.05, 0) is 73.0 Å². The van der Waals surface area contributed by atoms with Gasteiger partial charge in [0.15, 0.2) is 0 Å². The molecule has 1 saturated heterocycles. The van der Waals surface area contributed by atoms with Crippen molar-refractivity contribution in [3.63, 3.8) is 0 Å². The first-order valence-electron chi connectivity index (χ1n) is 10.8. The molecular weight excluding hydrogens is 372 g/mol. The zero-order valence-corrected chi connectivity index (χ0v) is 17.8. The molecule has 0 saturated carbocycles. The van der Waals surface area contributed by atoms with Crippen LogP contribution in [0.15, 0.2) is 66.7 Å². The number of nitrogens with zero attached hydrogens (tertiary/aromatic N) is 1. The fraction of sp³-hybridized carbons (Fsp3) is 0.346. The highest BCUT2D eigenvalue weighted by atomic mass is 16.5. The van der Waals surface area contributed by atoms with Crippen LogP contribution in [0.1, 0.15) is 36.9 Å². The lowest BCUT2D eigenvalue weighted by Crippen LogP contribution is -2.41. The third-order valence-electron chi connectivity index (χ3n) is 6.30. The summed E-state index contributed by atoms with van der Waals surface area (Å²) in [5, 5.41) is 5.67. The van der Waals surface area contributed by atoms with E-state index < -0.39 is 0 Å². The van der Waals surface area contributed by atoms with Crippen molar-refractivity contribution < 1.29 is 9.53 Å². The molecule has 1 N–H and O–H groups in total. The quantitative estimate of drug-likeness (QED) is 0.635. The Hall–Kier alpha value is -2.85. The summed E-state index contributed by atoms with van der Waals surface area (Å²) in [5.74, 6) is 1.07. The lowest BCUT2D eigenvalue weighted by Gasteiger charge is -2.35. The van der Waals surface area contributed by atoms with Crippen molar-refractivity contribution in [3.8, 4) is 5.75 Å². The molecule has 0 bridgehead atoms. The maximum Gasteiger partial charge on any atom is 0.223 e. The largest absolute Gasteiger partial charge is 0.497 e. The third-order valence-corrected chi connectivity index (χ3v) is 6.30. The summed E-state index contributed by atoms with van der Waals surface area (Å²) in [4.78, 5) is 15.2. The van der Waals surface area contributed by atoms with Crippen LogP contribution in [-0.2, 0) is 11.3 Å². The van der Waals surface area contributed by atoms with Crippen molar-refractivity contribution in [1.82, 2.24) is 10.2 Å². The minimum Gasteiger partial charge on any atom is -0.497 e. The Labute approximate surface area is 178 Å². The number of fused-ring (bicyclic) bond motifs is 1. The summed E-state index contributed by atoms with van der Waals surface area (Å²) in [6, 6.07) is 23.4. The van der Waals surface area contributed by atoms with E-state index in [1.165, 1.54) is 16.3 Å². The minimum absolute atomic E-state index is 0.0932. The molecule has 0 radical (unpaired) electrons. The number of hydrogen-bond acceptors (Lipinski definition) is 3. The lowest BCUT2D eigenvalue weighted by molar-refractivity contribution is -0.126. The number of carbonyl (C=O) groups is 1. The van der Waals surface area contributed by atoms with Crippen LogP contribution in [0.25, 0.3) is 10.8 Å². The summed E-state index contributed by atoms with van der Waals surface area (Å²) >= 11 is 0. The number of likely N-dealkylation sites (tertiary alicyclic amines) is 1. The number of benzene rings is 3. The number of methoxy groups -OCH3 is 1. The van der Waals surface area contributed by atoms with Gasteiger partial charge in [0.1, 0.15) is 5.75 Å². The summed E-state index contributed by atoms with van der Waals surface area (Å²) in [5.41, 5.74) is 2.40. The van der Waals surface area contributed by atoms with Crippen LogP contribution in [0.2, 0.25) is 0 Å². The Bertz CT molecular complexity index is 1010. The second-order valence-corrected chi connectivity index (χ2v) is 8.16. The molecule has 1 fully saturated rings. The van der Waals surface area contributed by atoms with Gasteiger partial charge in [-0.1, -0.05) is 48.5 Å².